The van der Waals surface area contributed by atoms with E-state index < -0.39 is 21.9 Å². The number of rotatable bonds is 4. The van der Waals surface area contributed by atoms with E-state index in [1.54, 1.807) is 30.0 Å². The number of aromatic amines is 1. The van der Waals surface area contributed by atoms with Gasteiger partial charge in [0.2, 0.25) is 0 Å². The van der Waals surface area contributed by atoms with Gasteiger partial charge in [0, 0.05) is 17.2 Å². The quantitative estimate of drug-likeness (QED) is 0.443. The molecule has 3 N–H and O–H groups in total. The highest BCUT2D eigenvalue weighted by molar-refractivity contribution is 9.10. The summed E-state index contributed by atoms with van der Waals surface area (Å²) in [7, 11) is -1.85. The number of aryl methyl sites for hydroxylation is 2. The van der Waals surface area contributed by atoms with Crippen LogP contribution in [0.25, 0.3) is 11.3 Å². The molecule has 3 aromatic rings. The van der Waals surface area contributed by atoms with Gasteiger partial charge in [-0.25, -0.2) is 8.42 Å². The van der Waals surface area contributed by atoms with Crippen molar-refractivity contribution in [1.82, 2.24) is 15.1 Å². The van der Waals surface area contributed by atoms with Crippen LogP contribution in [-0.4, -0.2) is 64.3 Å². The minimum absolute atomic E-state index is 0.00760. The standard InChI is InChI=1S/C24H24BrN3O6S/c1-11-6-12(2)22(29)15(7-11)19-18-20(27-26-19)24(31)28(14-4-5-35(32,33)10-14)21(18)13-8-16(25)23(30)17(9-13)34-3/h6-9,14,21,29-30H,4-5,10H2,1-3H3,(H,26,27). The number of methoxy groups -OCH3 is 1. The average Bonchev–Trinajstić information content (AvgIpc) is 3.46. The topological polar surface area (TPSA) is 133 Å². The highest BCUT2D eigenvalue weighted by atomic mass is 79.9. The molecule has 2 aliphatic rings. The molecule has 0 radical (unpaired) electrons. The molecule has 9 nitrogen and oxygen atoms in total. The Morgan fingerprint density at radius 2 is 1.91 bits per heavy atom. The molecule has 0 saturated carbocycles. The summed E-state index contributed by atoms with van der Waals surface area (Å²) in [5, 5.41) is 28.5. The monoisotopic (exact) mass is 561 g/mol. The molecule has 0 spiro atoms. The molecule has 11 heteroatoms. The minimum atomic E-state index is -3.27. The molecule has 5 rings (SSSR count). The molecular weight excluding hydrogens is 538 g/mol. The molecule has 184 valence electrons. The summed E-state index contributed by atoms with van der Waals surface area (Å²) < 4.78 is 30.3. The van der Waals surface area contributed by atoms with Gasteiger partial charge in [0.1, 0.15) is 17.1 Å². The first-order chi connectivity index (χ1) is 16.5. The smallest absolute Gasteiger partial charge is 0.273 e. The summed E-state index contributed by atoms with van der Waals surface area (Å²) in [5.74, 6) is -0.315. The van der Waals surface area contributed by atoms with Gasteiger partial charge in [0.05, 0.1) is 29.1 Å². The fourth-order valence-corrected chi connectivity index (χ4v) is 7.29. The van der Waals surface area contributed by atoms with Crippen molar-refractivity contribution in [2.45, 2.75) is 32.4 Å². The van der Waals surface area contributed by atoms with Crippen molar-refractivity contribution in [2.24, 2.45) is 0 Å². The number of nitrogens with zero attached hydrogens (tertiary/aromatic N) is 2. The first kappa shape index (κ1) is 23.7. The molecule has 1 amide bonds. The summed E-state index contributed by atoms with van der Waals surface area (Å²) in [4.78, 5) is 15.2. The summed E-state index contributed by atoms with van der Waals surface area (Å²) in [6.07, 6.45) is 0.322. The number of H-pyrrole nitrogens is 1. The van der Waals surface area contributed by atoms with E-state index in [0.717, 1.165) is 5.56 Å². The zero-order valence-corrected chi connectivity index (χ0v) is 21.7. The number of hydrogen-bond donors (Lipinski definition) is 3. The van der Waals surface area contributed by atoms with Gasteiger partial charge >= 0.3 is 0 Å². The van der Waals surface area contributed by atoms with E-state index in [4.69, 9.17) is 4.74 Å². The van der Waals surface area contributed by atoms with Gasteiger partial charge in [0.15, 0.2) is 21.3 Å². The van der Waals surface area contributed by atoms with Gasteiger partial charge in [0.25, 0.3) is 5.91 Å². The molecule has 2 atom stereocenters. The highest BCUT2D eigenvalue weighted by Crippen LogP contribution is 2.49. The van der Waals surface area contributed by atoms with Crippen LogP contribution < -0.4 is 4.74 Å². The Morgan fingerprint density at radius 3 is 2.57 bits per heavy atom. The zero-order valence-electron chi connectivity index (χ0n) is 19.3. The number of phenolic OH excluding ortho intramolecular Hbond substituents is 2. The lowest BCUT2D eigenvalue weighted by atomic mass is 9.93. The lowest BCUT2D eigenvalue weighted by molar-refractivity contribution is 0.0677. The van der Waals surface area contributed by atoms with Gasteiger partial charge < -0.3 is 19.8 Å². The first-order valence-electron chi connectivity index (χ1n) is 11.0. The fourth-order valence-electron chi connectivity index (χ4n) is 5.12. The van der Waals surface area contributed by atoms with E-state index in [9.17, 15) is 23.4 Å². The molecule has 3 heterocycles. The Labute approximate surface area is 210 Å². The molecule has 0 aliphatic carbocycles. The van der Waals surface area contributed by atoms with Crippen molar-refractivity contribution in [2.75, 3.05) is 18.6 Å². The average molecular weight is 562 g/mol. The van der Waals surface area contributed by atoms with Crippen molar-refractivity contribution in [3.63, 3.8) is 0 Å². The molecule has 35 heavy (non-hydrogen) atoms. The normalized spacial score (nSPS) is 20.9. The Bertz CT molecular complexity index is 1480. The largest absolute Gasteiger partial charge is 0.507 e. The number of benzene rings is 2. The van der Waals surface area contributed by atoms with Gasteiger partial charge in [-0.2, -0.15) is 5.10 Å². The number of hydrogen-bond acceptors (Lipinski definition) is 7. The number of carbonyl (C=O) groups is 1. The van der Waals surface area contributed by atoms with Crippen molar-refractivity contribution in [1.29, 1.82) is 0 Å². The van der Waals surface area contributed by atoms with Gasteiger partial charge in [-0.15, -0.1) is 0 Å². The number of halogens is 1. The van der Waals surface area contributed by atoms with Crippen LogP contribution in [0.1, 0.15) is 45.2 Å². The van der Waals surface area contributed by atoms with Crippen molar-refractivity contribution in [3.8, 4) is 28.5 Å². The van der Waals surface area contributed by atoms with E-state index in [2.05, 4.69) is 26.1 Å². The highest BCUT2D eigenvalue weighted by Gasteiger charge is 2.48. The van der Waals surface area contributed by atoms with E-state index in [1.807, 2.05) is 13.0 Å². The number of aromatic hydroxyl groups is 2. The van der Waals surface area contributed by atoms with Gasteiger partial charge in [-0.1, -0.05) is 6.07 Å². The predicted octanol–water partition coefficient (Wildman–Crippen LogP) is 3.61. The van der Waals surface area contributed by atoms with E-state index in [1.165, 1.54) is 7.11 Å². The maximum absolute atomic E-state index is 13.7. The summed E-state index contributed by atoms with van der Waals surface area (Å²) in [6.45, 7) is 3.70. The molecule has 0 bridgehead atoms. The lowest BCUT2D eigenvalue weighted by Crippen LogP contribution is -2.40. The number of amides is 1. The van der Waals surface area contributed by atoms with Crippen LogP contribution in [0.2, 0.25) is 0 Å². The Kier molecular flexibility index (Phi) is 5.59. The SMILES string of the molecule is COc1cc(C2c3c(-c4cc(C)cc(C)c4O)n[nH]c3C(=O)N2C2CCS(=O)(=O)C2)cc(Br)c1O. The third-order valence-corrected chi connectivity index (χ3v) is 9.05. The minimum Gasteiger partial charge on any atom is -0.507 e. The molecule has 1 fully saturated rings. The van der Waals surface area contributed by atoms with Crippen LogP contribution >= 0.6 is 15.9 Å². The molecule has 1 aromatic heterocycles. The molecular formula is C24H24BrN3O6S. The maximum Gasteiger partial charge on any atom is 0.273 e. The summed E-state index contributed by atoms with van der Waals surface area (Å²) in [6, 6.07) is 5.72. The third-order valence-electron chi connectivity index (χ3n) is 6.69. The zero-order chi connectivity index (χ0) is 25.2. The first-order valence-corrected chi connectivity index (χ1v) is 13.6. The number of phenols is 2. The predicted molar refractivity (Wildman–Crippen MR) is 133 cm³/mol. The van der Waals surface area contributed by atoms with E-state index >= 15 is 0 Å². The summed E-state index contributed by atoms with van der Waals surface area (Å²) >= 11 is 3.35. The second-order valence-electron chi connectivity index (χ2n) is 9.06. The lowest BCUT2D eigenvalue weighted by Gasteiger charge is -2.31. The third kappa shape index (κ3) is 3.77. The number of nitrogens with one attached hydrogen (secondary N) is 1. The van der Waals surface area contributed by atoms with Crippen molar-refractivity contribution in [3.05, 3.63) is 56.7 Å². The fraction of sp³-hybridized carbons (Fsp3) is 0.333. The molecule has 1 saturated heterocycles. The summed E-state index contributed by atoms with van der Waals surface area (Å²) in [5.41, 5.74) is 3.87. The number of ether oxygens (including phenoxy) is 1. The van der Waals surface area contributed by atoms with Crippen LogP contribution in [-0.2, 0) is 9.84 Å². The Morgan fingerprint density at radius 1 is 1.17 bits per heavy atom. The van der Waals surface area contributed by atoms with Crippen LogP contribution in [0, 0.1) is 13.8 Å². The van der Waals surface area contributed by atoms with Crippen molar-refractivity contribution < 1.29 is 28.2 Å². The molecule has 2 aromatic carbocycles. The van der Waals surface area contributed by atoms with Gasteiger partial charge in [-0.3, -0.25) is 9.89 Å². The van der Waals surface area contributed by atoms with E-state index in [-0.39, 0.29) is 40.4 Å². The van der Waals surface area contributed by atoms with E-state index in [0.29, 0.717) is 38.8 Å². The number of aromatic nitrogens is 2. The van der Waals surface area contributed by atoms with Crippen LogP contribution in [0.5, 0.6) is 17.2 Å². The second kappa shape index (κ2) is 8.27. The molecule has 2 unspecified atom stereocenters. The van der Waals surface area contributed by atoms with Crippen LogP contribution in [0.15, 0.2) is 28.7 Å². The Hall–Kier alpha value is -3.05. The second-order valence-corrected chi connectivity index (χ2v) is 12.1. The Balaban J connectivity index is 1.76. The number of carbonyl (C=O) groups excluding carboxylic acids is 1. The molecule has 2 aliphatic heterocycles. The van der Waals surface area contributed by atoms with Gasteiger partial charge in [-0.05, 0) is 71.1 Å². The number of sulfone groups is 1. The maximum atomic E-state index is 13.7. The van der Waals surface area contributed by atoms with Crippen LogP contribution in [0.4, 0.5) is 0 Å². The van der Waals surface area contributed by atoms with Crippen LogP contribution in [0.3, 0.4) is 0 Å². The number of fused-ring (bicyclic) bond motifs is 1. The van der Waals surface area contributed by atoms with Crippen molar-refractivity contribution >= 4 is 31.7 Å².